The van der Waals surface area contributed by atoms with Gasteiger partial charge in [0.25, 0.3) is 0 Å². The van der Waals surface area contributed by atoms with E-state index in [0.717, 1.165) is 45.2 Å². The van der Waals surface area contributed by atoms with E-state index >= 15 is 0 Å². The number of amides is 1. The summed E-state index contributed by atoms with van der Waals surface area (Å²) < 4.78 is 5.42. The van der Waals surface area contributed by atoms with Gasteiger partial charge in [-0.15, -0.1) is 0 Å². The minimum Gasteiger partial charge on any atom is -0.381 e. The Balaban J connectivity index is 1.53. The molecule has 3 aliphatic rings. The first-order valence-corrected chi connectivity index (χ1v) is 8.16. The molecule has 1 amide bonds. The van der Waals surface area contributed by atoms with Crippen LogP contribution in [0.3, 0.4) is 0 Å². The molecule has 2 aliphatic carbocycles. The minimum atomic E-state index is 0.315. The molecule has 2 saturated carbocycles. The van der Waals surface area contributed by atoms with Gasteiger partial charge in [0.15, 0.2) is 0 Å². The number of hydrogen-bond acceptors (Lipinski definition) is 3. The molecule has 1 unspecified atom stereocenters. The van der Waals surface area contributed by atoms with E-state index in [1.807, 2.05) is 7.05 Å². The number of rotatable bonds is 3. The average molecular weight is 280 g/mol. The van der Waals surface area contributed by atoms with Gasteiger partial charge in [-0.2, -0.15) is 0 Å². The van der Waals surface area contributed by atoms with Crippen LogP contribution in [-0.4, -0.2) is 50.2 Å². The van der Waals surface area contributed by atoms with Crippen molar-refractivity contribution in [3.63, 3.8) is 0 Å². The molecule has 1 saturated heterocycles. The number of piperidine rings is 1. The highest BCUT2D eigenvalue weighted by atomic mass is 16.5. The standard InChI is InChI=1S/C16H28N2O2/c1-18(12-3-5-13(20-2)6-4-12)15(19)14-11-16(14)7-9-17-10-8-16/h12-14,17H,3-11H2,1-2H3. The first-order chi connectivity index (χ1) is 9.66. The molecule has 1 heterocycles. The van der Waals surface area contributed by atoms with Crippen LogP contribution >= 0.6 is 0 Å². The van der Waals surface area contributed by atoms with E-state index in [2.05, 4.69) is 10.2 Å². The lowest BCUT2D eigenvalue weighted by Crippen LogP contribution is -2.42. The van der Waals surface area contributed by atoms with Gasteiger partial charge in [0.2, 0.25) is 5.91 Å². The summed E-state index contributed by atoms with van der Waals surface area (Å²) in [5, 5.41) is 3.40. The molecule has 4 nitrogen and oxygen atoms in total. The first kappa shape index (κ1) is 14.3. The van der Waals surface area contributed by atoms with Crippen molar-refractivity contribution in [2.45, 2.75) is 57.1 Å². The maximum Gasteiger partial charge on any atom is 0.226 e. The predicted molar refractivity (Wildman–Crippen MR) is 78.5 cm³/mol. The zero-order valence-electron chi connectivity index (χ0n) is 12.9. The third-order valence-electron chi connectivity index (χ3n) is 5.96. The van der Waals surface area contributed by atoms with Crippen LogP contribution in [0.4, 0.5) is 0 Å². The van der Waals surface area contributed by atoms with Crippen molar-refractivity contribution in [3.05, 3.63) is 0 Å². The zero-order chi connectivity index (χ0) is 14.2. The Morgan fingerprint density at radius 1 is 1.20 bits per heavy atom. The van der Waals surface area contributed by atoms with Gasteiger partial charge in [0, 0.05) is 26.1 Å². The molecule has 0 aromatic carbocycles. The lowest BCUT2D eigenvalue weighted by Gasteiger charge is -2.35. The number of carbonyl (C=O) groups is 1. The normalized spacial score (nSPS) is 35.8. The summed E-state index contributed by atoms with van der Waals surface area (Å²) in [7, 11) is 3.82. The molecule has 114 valence electrons. The number of methoxy groups -OCH3 is 1. The highest BCUT2D eigenvalue weighted by Gasteiger charge is 2.58. The van der Waals surface area contributed by atoms with Gasteiger partial charge < -0.3 is 15.0 Å². The Kier molecular flexibility index (Phi) is 4.04. The van der Waals surface area contributed by atoms with Crippen LogP contribution in [0.25, 0.3) is 0 Å². The Morgan fingerprint density at radius 3 is 2.45 bits per heavy atom. The van der Waals surface area contributed by atoms with E-state index in [4.69, 9.17) is 4.74 Å². The number of ether oxygens (including phenoxy) is 1. The highest BCUT2D eigenvalue weighted by molar-refractivity contribution is 5.82. The van der Waals surface area contributed by atoms with Crippen LogP contribution in [0.15, 0.2) is 0 Å². The molecule has 0 radical (unpaired) electrons. The number of nitrogens with one attached hydrogen (secondary N) is 1. The van der Waals surface area contributed by atoms with Crippen LogP contribution in [-0.2, 0) is 9.53 Å². The minimum absolute atomic E-state index is 0.315. The lowest BCUT2D eigenvalue weighted by molar-refractivity contribution is -0.135. The van der Waals surface area contributed by atoms with Gasteiger partial charge in [-0.1, -0.05) is 0 Å². The van der Waals surface area contributed by atoms with E-state index in [1.165, 1.54) is 12.8 Å². The Labute approximate surface area is 122 Å². The highest BCUT2D eigenvalue weighted by Crippen LogP contribution is 2.59. The van der Waals surface area contributed by atoms with Crippen molar-refractivity contribution in [2.24, 2.45) is 11.3 Å². The SMILES string of the molecule is COC1CCC(N(C)C(=O)C2CC23CCNCC3)CC1. The molecule has 0 bridgehead atoms. The van der Waals surface area contributed by atoms with Gasteiger partial charge in [0.05, 0.1) is 6.10 Å². The Morgan fingerprint density at radius 2 is 1.85 bits per heavy atom. The van der Waals surface area contributed by atoms with Crippen molar-refractivity contribution in [1.82, 2.24) is 10.2 Å². The maximum atomic E-state index is 12.7. The molecule has 3 fully saturated rings. The third-order valence-corrected chi connectivity index (χ3v) is 5.96. The quantitative estimate of drug-likeness (QED) is 0.857. The van der Waals surface area contributed by atoms with Gasteiger partial charge in [-0.25, -0.2) is 0 Å². The predicted octanol–water partition coefficient (Wildman–Crippen LogP) is 1.79. The van der Waals surface area contributed by atoms with Crippen LogP contribution in [0.2, 0.25) is 0 Å². The summed E-state index contributed by atoms with van der Waals surface area (Å²) in [4.78, 5) is 14.8. The molecule has 4 heteroatoms. The average Bonchev–Trinajstić information content (AvgIpc) is 3.19. The molecule has 1 atom stereocenters. The largest absolute Gasteiger partial charge is 0.381 e. The Hall–Kier alpha value is -0.610. The molecular weight excluding hydrogens is 252 g/mol. The summed E-state index contributed by atoms with van der Waals surface area (Å²) >= 11 is 0. The zero-order valence-corrected chi connectivity index (χ0v) is 12.9. The molecular formula is C16H28N2O2. The molecule has 1 aliphatic heterocycles. The van der Waals surface area contributed by atoms with Gasteiger partial charge in [-0.3, -0.25) is 4.79 Å². The van der Waals surface area contributed by atoms with E-state index in [9.17, 15) is 4.79 Å². The van der Waals surface area contributed by atoms with E-state index in [-0.39, 0.29) is 0 Å². The van der Waals surface area contributed by atoms with Crippen LogP contribution < -0.4 is 5.32 Å². The number of nitrogens with zero attached hydrogens (tertiary/aromatic N) is 1. The molecule has 3 rings (SSSR count). The van der Waals surface area contributed by atoms with Crippen molar-refractivity contribution in [1.29, 1.82) is 0 Å². The molecule has 1 spiro atoms. The molecule has 20 heavy (non-hydrogen) atoms. The smallest absolute Gasteiger partial charge is 0.226 e. The fourth-order valence-corrected chi connectivity index (χ4v) is 4.27. The lowest BCUT2D eigenvalue weighted by atomic mass is 9.90. The monoisotopic (exact) mass is 280 g/mol. The van der Waals surface area contributed by atoms with Crippen molar-refractivity contribution in [3.8, 4) is 0 Å². The Bertz CT molecular complexity index is 357. The second-order valence-electron chi connectivity index (χ2n) is 6.98. The topological polar surface area (TPSA) is 41.6 Å². The van der Waals surface area contributed by atoms with Gasteiger partial charge in [-0.05, 0) is 63.5 Å². The van der Waals surface area contributed by atoms with Crippen molar-refractivity contribution in [2.75, 3.05) is 27.2 Å². The van der Waals surface area contributed by atoms with E-state index in [0.29, 0.717) is 29.4 Å². The fraction of sp³-hybridized carbons (Fsp3) is 0.938. The second kappa shape index (κ2) is 5.64. The van der Waals surface area contributed by atoms with Crippen LogP contribution in [0.5, 0.6) is 0 Å². The summed E-state index contributed by atoms with van der Waals surface area (Å²) in [6.45, 7) is 2.18. The molecule has 0 aromatic rings. The summed E-state index contributed by atoms with van der Waals surface area (Å²) in [6.07, 6.45) is 8.31. The summed E-state index contributed by atoms with van der Waals surface area (Å²) in [5.74, 6) is 0.725. The number of hydrogen-bond donors (Lipinski definition) is 1. The summed E-state index contributed by atoms with van der Waals surface area (Å²) in [5.41, 5.74) is 0.361. The third kappa shape index (κ3) is 2.60. The van der Waals surface area contributed by atoms with Crippen LogP contribution in [0, 0.1) is 11.3 Å². The maximum absolute atomic E-state index is 12.7. The van der Waals surface area contributed by atoms with E-state index in [1.54, 1.807) is 7.11 Å². The molecule has 1 N–H and O–H groups in total. The fourth-order valence-electron chi connectivity index (χ4n) is 4.27. The number of carbonyl (C=O) groups excluding carboxylic acids is 1. The van der Waals surface area contributed by atoms with Crippen LogP contribution in [0.1, 0.15) is 44.9 Å². The van der Waals surface area contributed by atoms with Crippen molar-refractivity contribution < 1.29 is 9.53 Å². The van der Waals surface area contributed by atoms with E-state index < -0.39 is 0 Å². The molecule has 0 aromatic heterocycles. The first-order valence-electron chi connectivity index (χ1n) is 8.16. The van der Waals surface area contributed by atoms with Gasteiger partial charge in [0.1, 0.15) is 0 Å². The summed E-state index contributed by atoms with van der Waals surface area (Å²) in [6, 6.07) is 0.438. The second-order valence-corrected chi connectivity index (χ2v) is 6.98. The van der Waals surface area contributed by atoms with Gasteiger partial charge >= 0.3 is 0 Å². The van der Waals surface area contributed by atoms with Crippen molar-refractivity contribution >= 4 is 5.91 Å².